The zero-order valence-corrected chi connectivity index (χ0v) is 13.2. The lowest BCUT2D eigenvalue weighted by atomic mass is 10.1. The van der Waals surface area contributed by atoms with Crippen molar-refractivity contribution < 1.29 is 4.39 Å². The first-order valence-corrected chi connectivity index (χ1v) is 7.51. The van der Waals surface area contributed by atoms with E-state index < -0.39 is 5.82 Å². The van der Waals surface area contributed by atoms with Gasteiger partial charge in [0.25, 0.3) is 0 Å². The number of nitrogens with two attached hydrogens (primary N) is 1. The van der Waals surface area contributed by atoms with Gasteiger partial charge in [-0.05, 0) is 51.8 Å². The maximum absolute atomic E-state index is 14.2. The second-order valence-corrected chi connectivity index (χ2v) is 7.04. The molecule has 0 radical (unpaired) electrons. The fraction of sp³-hybridized carbons (Fsp3) is 0.438. The molecule has 0 bridgehead atoms. The van der Waals surface area contributed by atoms with Crippen molar-refractivity contribution >= 4 is 17.4 Å². The molecule has 1 fully saturated rings. The molecule has 1 aromatic heterocycles. The standard InChI is InChI=1S/C16H19ClFN3/c1-16(2,3)21-14(19)13(20-15(21)9-4-5-9)11-7-6-10(17)8-12(11)18/h6-9H,4-5,19H2,1-3H3. The van der Waals surface area contributed by atoms with E-state index in [0.717, 1.165) is 18.7 Å². The van der Waals surface area contributed by atoms with Crippen molar-refractivity contribution in [2.45, 2.75) is 45.1 Å². The van der Waals surface area contributed by atoms with Crippen molar-refractivity contribution in [2.24, 2.45) is 0 Å². The molecule has 1 aliphatic carbocycles. The summed E-state index contributed by atoms with van der Waals surface area (Å²) >= 11 is 5.82. The molecule has 1 aliphatic rings. The highest BCUT2D eigenvalue weighted by Gasteiger charge is 2.34. The second-order valence-electron chi connectivity index (χ2n) is 6.61. The average Bonchev–Trinajstić information content (AvgIpc) is 3.13. The van der Waals surface area contributed by atoms with Crippen LogP contribution in [0, 0.1) is 5.82 Å². The SMILES string of the molecule is CC(C)(C)n1c(C2CC2)nc(-c2ccc(Cl)cc2F)c1N. The fourth-order valence-electron chi connectivity index (χ4n) is 2.65. The molecule has 21 heavy (non-hydrogen) atoms. The summed E-state index contributed by atoms with van der Waals surface area (Å²) in [5.41, 5.74) is 7.03. The molecular weight excluding hydrogens is 289 g/mol. The van der Waals surface area contributed by atoms with E-state index in [1.165, 1.54) is 6.07 Å². The van der Waals surface area contributed by atoms with Gasteiger partial charge in [-0.15, -0.1) is 0 Å². The second kappa shape index (κ2) is 4.73. The molecule has 1 saturated carbocycles. The first kappa shape index (κ1) is 14.4. The van der Waals surface area contributed by atoms with Crippen molar-refractivity contribution in [3.63, 3.8) is 0 Å². The number of imidazole rings is 1. The summed E-state index contributed by atoms with van der Waals surface area (Å²) in [5, 5.41) is 0.368. The van der Waals surface area contributed by atoms with Crippen LogP contribution in [0.2, 0.25) is 5.02 Å². The Morgan fingerprint density at radius 1 is 1.33 bits per heavy atom. The van der Waals surface area contributed by atoms with Crippen molar-refractivity contribution in [1.82, 2.24) is 9.55 Å². The predicted octanol–water partition coefficient (Wildman–Crippen LogP) is 4.56. The third-order valence-corrected chi connectivity index (χ3v) is 3.97. The van der Waals surface area contributed by atoms with Crippen LogP contribution in [0.15, 0.2) is 18.2 Å². The van der Waals surface area contributed by atoms with Gasteiger partial charge in [-0.25, -0.2) is 9.37 Å². The van der Waals surface area contributed by atoms with Crippen LogP contribution in [0.5, 0.6) is 0 Å². The maximum atomic E-state index is 14.2. The number of benzene rings is 1. The summed E-state index contributed by atoms with van der Waals surface area (Å²) in [4.78, 5) is 4.65. The molecule has 0 atom stereocenters. The number of nitrogens with zero attached hydrogens (tertiary/aromatic N) is 2. The number of aromatic nitrogens is 2. The van der Waals surface area contributed by atoms with E-state index in [9.17, 15) is 4.39 Å². The van der Waals surface area contributed by atoms with E-state index in [2.05, 4.69) is 25.8 Å². The Balaban J connectivity index is 2.20. The van der Waals surface area contributed by atoms with E-state index in [4.69, 9.17) is 17.3 Å². The van der Waals surface area contributed by atoms with E-state index in [-0.39, 0.29) is 5.54 Å². The maximum Gasteiger partial charge on any atom is 0.134 e. The lowest BCUT2D eigenvalue weighted by molar-refractivity contribution is 0.388. The Hall–Kier alpha value is -1.55. The van der Waals surface area contributed by atoms with E-state index >= 15 is 0 Å². The number of hydrogen-bond donors (Lipinski definition) is 1. The van der Waals surface area contributed by atoms with E-state index in [1.807, 2.05) is 4.57 Å². The van der Waals surface area contributed by atoms with E-state index in [1.54, 1.807) is 12.1 Å². The number of rotatable bonds is 2. The summed E-state index contributed by atoms with van der Waals surface area (Å²) in [7, 11) is 0. The van der Waals surface area contributed by atoms with E-state index in [0.29, 0.717) is 28.0 Å². The van der Waals surface area contributed by atoms with Gasteiger partial charge in [0.15, 0.2) is 0 Å². The summed E-state index contributed by atoms with van der Waals surface area (Å²) in [6.07, 6.45) is 2.24. The van der Waals surface area contributed by atoms with Gasteiger partial charge in [0, 0.05) is 22.0 Å². The van der Waals surface area contributed by atoms with Crippen molar-refractivity contribution in [2.75, 3.05) is 5.73 Å². The van der Waals surface area contributed by atoms with Crippen LogP contribution in [0.25, 0.3) is 11.3 Å². The molecule has 3 rings (SSSR count). The third-order valence-electron chi connectivity index (χ3n) is 3.74. The van der Waals surface area contributed by atoms with Gasteiger partial charge in [-0.3, -0.25) is 0 Å². The average molecular weight is 308 g/mol. The normalized spacial score (nSPS) is 15.5. The molecule has 0 unspecified atom stereocenters. The van der Waals surface area contributed by atoms with Crippen LogP contribution in [0.3, 0.4) is 0 Å². The first-order valence-electron chi connectivity index (χ1n) is 7.13. The van der Waals surface area contributed by atoms with Gasteiger partial charge < -0.3 is 10.3 Å². The Kier molecular flexibility index (Phi) is 3.24. The summed E-state index contributed by atoms with van der Waals surface area (Å²) in [6, 6.07) is 4.59. The summed E-state index contributed by atoms with van der Waals surface area (Å²) in [6.45, 7) is 6.25. The van der Waals surface area contributed by atoms with Gasteiger partial charge >= 0.3 is 0 Å². The van der Waals surface area contributed by atoms with Gasteiger partial charge in [0.1, 0.15) is 23.2 Å². The molecule has 1 aromatic carbocycles. The van der Waals surface area contributed by atoms with Gasteiger partial charge in [-0.1, -0.05) is 11.6 Å². The molecule has 0 spiro atoms. The minimum Gasteiger partial charge on any atom is -0.383 e. The third kappa shape index (κ3) is 2.53. The lowest BCUT2D eigenvalue weighted by Crippen LogP contribution is -2.25. The molecular formula is C16H19ClFN3. The molecule has 1 heterocycles. The zero-order valence-electron chi connectivity index (χ0n) is 12.5. The number of nitrogen functional groups attached to an aromatic ring is 1. The minimum atomic E-state index is -0.393. The smallest absolute Gasteiger partial charge is 0.134 e. The van der Waals surface area contributed by atoms with Gasteiger partial charge in [0.2, 0.25) is 0 Å². The molecule has 0 aliphatic heterocycles. The molecule has 112 valence electrons. The Morgan fingerprint density at radius 2 is 2.00 bits per heavy atom. The van der Waals surface area contributed by atoms with Crippen LogP contribution in [-0.2, 0) is 5.54 Å². The monoisotopic (exact) mass is 307 g/mol. The van der Waals surface area contributed by atoms with Crippen molar-refractivity contribution in [3.8, 4) is 11.3 Å². The van der Waals surface area contributed by atoms with Crippen LogP contribution >= 0.6 is 11.6 Å². The molecule has 3 nitrogen and oxygen atoms in total. The summed E-state index contributed by atoms with van der Waals surface area (Å²) < 4.78 is 16.2. The quantitative estimate of drug-likeness (QED) is 0.884. The Labute approximate surface area is 128 Å². The van der Waals surface area contributed by atoms with Crippen molar-refractivity contribution in [3.05, 3.63) is 34.9 Å². The predicted molar refractivity (Wildman–Crippen MR) is 84.0 cm³/mol. The van der Waals surface area contributed by atoms with Gasteiger partial charge in [0.05, 0.1) is 0 Å². The molecule has 2 N–H and O–H groups in total. The van der Waals surface area contributed by atoms with Crippen LogP contribution in [-0.4, -0.2) is 9.55 Å². The topological polar surface area (TPSA) is 43.8 Å². The highest BCUT2D eigenvalue weighted by atomic mass is 35.5. The number of halogens is 2. The summed E-state index contributed by atoms with van der Waals surface area (Å²) in [5.74, 6) is 1.53. The largest absolute Gasteiger partial charge is 0.383 e. The molecule has 0 saturated heterocycles. The zero-order chi connectivity index (χ0) is 15.4. The Bertz CT molecular complexity index is 696. The number of anilines is 1. The van der Waals surface area contributed by atoms with Crippen LogP contribution in [0.1, 0.15) is 45.4 Å². The highest BCUT2D eigenvalue weighted by Crippen LogP contribution is 2.44. The highest BCUT2D eigenvalue weighted by molar-refractivity contribution is 6.30. The first-order chi connectivity index (χ1) is 9.79. The van der Waals surface area contributed by atoms with Crippen LogP contribution < -0.4 is 5.73 Å². The minimum absolute atomic E-state index is 0.184. The van der Waals surface area contributed by atoms with Gasteiger partial charge in [-0.2, -0.15) is 0 Å². The molecule has 2 aromatic rings. The molecule has 5 heteroatoms. The van der Waals surface area contributed by atoms with Crippen LogP contribution in [0.4, 0.5) is 10.2 Å². The fourth-order valence-corrected chi connectivity index (χ4v) is 2.81. The lowest BCUT2D eigenvalue weighted by Gasteiger charge is -2.25. The molecule has 0 amide bonds. The van der Waals surface area contributed by atoms with Crippen molar-refractivity contribution in [1.29, 1.82) is 0 Å². The Morgan fingerprint density at radius 3 is 2.52 bits per heavy atom. The number of hydrogen-bond acceptors (Lipinski definition) is 2.